The van der Waals surface area contributed by atoms with Crippen LogP contribution in [0.4, 0.5) is 0 Å². The van der Waals surface area contributed by atoms with Crippen molar-refractivity contribution >= 4 is 72.2 Å². The first-order valence-corrected chi connectivity index (χ1v) is 38.2. The van der Waals surface area contributed by atoms with Crippen molar-refractivity contribution in [3.63, 3.8) is 0 Å². The summed E-state index contributed by atoms with van der Waals surface area (Å²) in [6, 6.07) is 25.0. The molecule has 0 atom stereocenters. The molecule has 0 saturated heterocycles. The second-order valence-electron chi connectivity index (χ2n) is 4.71. The summed E-state index contributed by atoms with van der Waals surface area (Å²) in [6.07, 6.45) is 7.31. The molecule has 0 aliphatic heterocycles. The molecule has 156 valence electrons. The third-order valence-electron chi connectivity index (χ3n) is 2.42. The van der Waals surface area contributed by atoms with Gasteiger partial charge < -0.3 is 13.8 Å². The predicted octanol–water partition coefficient (Wildman–Crippen LogP) is 10.5. The molecule has 0 radical (unpaired) electrons. The van der Waals surface area contributed by atoms with E-state index in [1.807, 2.05) is 60.7 Å². The van der Waals surface area contributed by atoms with Crippen LogP contribution in [0.15, 0.2) is 60.7 Å². The van der Waals surface area contributed by atoms with Crippen molar-refractivity contribution in [2.75, 3.05) is 0 Å². The Balaban J connectivity index is -0.000000126. The van der Waals surface area contributed by atoms with Crippen LogP contribution >= 0.6 is 72.2 Å². The molecule has 0 fully saturated rings. The molecule has 0 heterocycles. The van der Waals surface area contributed by atoms with Crippen LogP contribution in [0, 0.1) is 26.0 Å². The largest absolute Gasteiger partial charge is 0.184 e. The molecular weight excluding hydrogens is 954 g/mol. The fraction of sp³-hybridized carbons (Fsp3) is 0.364. The van der Waals surface area contributed by atoms with Crippen LogP contribution in [0.25, 0.3) is 0 Å². The minimum atomic E-state index is 0.170. The second kappa shape index (κ2) is 47.8. The van der Waals surface area contributed by atoms with E-state index in [-0.39, 0.29) is 29.7 Å². The first-order chi connectivity index (χ1) is 13.7. The van der Waals surface area contributed by atoms with Crippen LogP contribution in [-0.2, 0) is 29.7 Å². The van der Waals surface area contributed by atoms with Crippen LogP contribution in [0.5, 0.6) is 0 Å². The Morgan fingerprint density at radius 2 is 0.857 bits per heavy atom. The molecule has 0 N–H and O–H groups in total. The van der Waals surface area contributed by atoms with Crippen LogP contribution < -0.4 is 0 Å². The van der Waals surface area contributed by atoms with Gasteiger partial charge in [0.1, 0.15) is 0 Å². The summed E-state index contributed by atoms with van der Waals surface area (Å²) in [5, 5.41) is 0. The van der Waals surface area contributed by atoms with Gasteiger partial charge >= 0.3 is 102 Å². The van der Waals surface area contributed by atoms with Crippen LogP contribution in [0.1, 0.15) is 52.4 Å². The summed E-state index contributed by atoms with van der Waals surface area (Å²) in [5.74, 6) is 0. The van der Waals surface area contributed by atoms with E-state index in [1.54, 1.807) is 0 Å². The topological polar surface area (TPSA) is 0 Å². The first kappa shape index (κ1) is 38.4. The summed E-state index contributed by atoms with van der Waals surface area (Å²) < 4.78 is 0. The van der Waals surface area contributed by atoms with Gasteiger partial charge in [0.2, 0.25) is 0 Å². The van der Waals surface area contributed by atoms with E-state index in [4.69, 9.17) is 0 Å². The summed E-state index contributed by atoms with van der Waals surface area (Å²) in [6.45, 7) is 11.7. The summed E-state index contributed by atoms with van der Waals surface area (Å²) in [7, 11) is 0. The van der Waals surface area contributed by atoms with Crippen molar-refractivity contribution in [1.29, 1.82) is 0 Å². The van der Waals surface area contributed by atoms with Crippen molar-refractivity contribution in [2.45, 2.75) is 52.4 Å². The summed E-state index contributed by atoms with van der Waals surface area (Å²) in [4.78, 5) is 0. The molecule has 0 spiro atoms. The van der Waals surface area contributed by atoms with Gasteiger partial charge in [-0.2, -0.15) is 85.6 Å². The Labute approximate surface area is 236 Å². The second-order valence-corrected chi connectivity index (χ2v) is 42.6. The summed E-state index contributed by atoms with van der Waals surface area (Å²) >= 11 is 10.1. The minimum absolute atomic E-state index is 0.170. The number of unbranched alkanes of at least 4 members (excludes halogenated alkanes) is 4. The maximum Gasteiger partial charge on any atom is -0.171 e. The Kier molecular flexibility index (Phi) is 65.5. The normalized spacial score (nSPS) is 7.14. The maximum absolute atomic E-state index is 3.68. The van der Waals surface area contributed by atoms with Gasteiger partial charge in [-0.05, 0) is 0 Å². The van der Waals surface area contributed by atoms with E-state index in [2.05, 4.69) is 112 Å². The molecule has 0 amide bonds. The van der Waals surface area contributed by atoms with Crippen molar-refractivity contribution < 1.29 is 29.7 Å². The monoisotopic (exact) mass is 984 g/mol. The Morgan fingerprint density at radius 3 is 0.893 bits per heavy atom. The molecule has 6 heteroatoms. The smallest absolute Gasteiger partial charge is 0.171 e. The molecule has 2 aromatic carbocycles. The predicted molar refractivity (Wildman–Crippen MR) is 156 cm³/mol. The molecule has 0 bridgehead atoms. The van der Waals surface area contributed by atoms with Gasteiger partial charge in [0, 0.05) is 0 Å². The number of halogens is 4. The molecule has 0 saturated carbocycles. The van der Waals surface area contributed by atoms with Gasteiger partial charge in [-0.25, -0.2) is 0 Å². The number of benzene rings is 2. The van der Waals surface area contributed by atoms with Crippen molar-refractivity contribution in [3.05, 3.63) is 86.6 Å². The van der Waals surface area contributed by atoms with E-state index < -0.39 is 0 Å². The molecule has 0 aliphatic rings. The third kappa shape index (κ3) is 63.0. The molecule has 2 rings (SSSR count). The van der Waals surface area contributed by atoms with Crippen LogP contribution in [0.2, 0.25) is 0 Å². The van der Waals surface area contributed by atoms with Gasteiger partial charge in [0.25, 0.3) is 0 Å². The van der Waals surface area contributed by atoms with Gasteiger partial charge in [-0.3, -0.25) is 0 Å². The van der Waals surface area contributed by atoms with E-state index in [0.717, 1.165) is 12.8 Å². The number of rotatable bonds is 4. The molecule has 0 aromatic heterocycles. The average Bonchev–Trinajstić information content (AvgIpc) is 2.74. The zero-order chi connectivity index (χ0) is 22.1. The standard InChI is InChI=1S/2C6H5.2C5H11.4HI.2Zr/c2*1-2-4-6-5-3-1;2*1-3-5-4-2;;;;;;/h2*1-5H;2*1,3-5H2,2H3;4*1H;;/q4*-1;;;;;2*+4/p-4. The van der Waals surface area contributed by atoms with Gasteiger partial charge in [-0.1, -0.05) is 39.5 Å². The van der Waals surface area contributed by atoms with Gasteiger partial charge in [-0.15, -0.1) is 0 Å². The van der Waals surface area contributed by atoms with E-state index in [1.165, 1.54) is 25.7 Å². The fourth-order valence-corrected chi connectivity index (χ4v) is 1.18. The quantitative estimate of drug-likeness (QED) is 0.212. The molecule has 0 unspecified atom stereocenters. The van der Waals surface area contributed by atoms with Gasteiger partial charge in [0.05, 0.1) is 0 Å². The molecule has 0 aliphatic carbocycles. The zero-order valence-electron chi connectivity index (χ0n) is 16.9. The molecular formula is C22H32I4Zr2. The first-order valence-electron chi connectivity index (χ1n) is 8.99. The van der Waals surface area contributed by atoms with Crippen molar-refractivity contribution in [3.8, 4) is 0 Å². The van der Waals surface area contributed by atoms with E-state index in [9.17, 15) is 0 Å². The van der Waals surface area contributed by atoms with Crippen LogP contribution in [-0.4, -0.2) is 0 Å². The Morgan fingerprint density at radius 1 is 0.607 bits per heavy atom. The Bertz CT molecular complexity index is 295. The number of hydrogen-bond donors (Lipinski definition) is 0. The average molecular weight is 987 g/mol. The number of hydrogen-bond acceptors (Lipinski definition) is 0. The van der Waals surface area contributed by atoms with E-state index >= 15 is 0 Å². The SMILES string of the molecule is [CH2-]CCCC.[CH2-]CCCC.[I][Zr+2][I].[I][Zr+2][I].[c-]1ccccc1.[c-]1ccccc1. The van der Waals surface area contributed by atoms with Crippen molar-refractivity contribution in [1.82, 2.24) is 0 Å². The zero-order valence-corrected chi connectivity index (χ0v) is 30.5. The fourth-order valence-electron chi connectivity index (χ4n) is 1.18. The molecule has 2 aromatic rings. The molecule has 0 nitrogen and oxygen atoms in total. The summed E-state index contributed by atoms with van der Waals surface area (Å²) in [5.41, 5.74) is 0. The maximum atomic E-state index is 3.68. The van der Waals surface area contributed by atoms with Gasteiger partial charge in [0.15, 0.2) is 0 Å². The van der Waals surface area contributed by atoms with Crippen molar-refractivity contribution in [2.24, 2.45) is 0 Å². The molecule has 28 heavy (non-hydrogen) atoms. The minimum Gasteiger partial charge on any atom is -0.184 e. The third-order valence-corrected chi connectivity index (χ3v) is 2.42. The van der Waals surface area contributed by atoms with E-state index in [0.29, 0.717) is 0 Å². The Hall–Kier alpha value is 3.13. The van der Waals surface area contributed by atoms with Crippen LogP contribution in [0.3, 0.4) is 0 Å².